The summed E-state index contributed by atoms with van der Waals surface area (Å²) in [6.07, 6.45) is 4.04. The molecule has 0 bridgehead atoms. The third kappa shape index (κ3) is 2.77. The quantitative estimate of drug-likeness (QED) is 0.710. The van der Waals surface area contributed by atoms with E-state index >= 15 is 0 Å². The number of carbonyl (C=O) groups excluding carboxylic acids is 1. The van der Waals surface area contributed by atoms with Crippen LogP contribution in [0.4, 0.5) is 0 Å². The molecule has 4 heteroatoms. The lowest BCUT2D eigenvalue weighted by Gasteiger charge is -2.20. The molecule has 0 fully saturated rings. The summed E-state index contributed by atoms with van der Waals surface area (Å²) >= 11 is 12.3. The number of ether oxygens (including phenoxy) is 1. The highest BCUT2D eigenvalue weighted by atomic mass is 35.5. The molecule has 0 radical (unpaired) electrons. The lowest BCUT2D eigenvalue weighted by atomic mass is 9.86. The van der Waals surface area contributed by atoms with Crippen LogP contribution in [0.5, 0.6) is 0 Å². The number of fused-ring (bicyclic) bond motifs is 1. The Morgan fingerprint density at radius 1 is 1.09 bits per heavy atom. The van der Waals surface area contributed by atoms with Crippen LogP contribution in [0.3, 0.4) is 0 Å². The number of hydrogen-bond acceptors (Lipinski definition) is 2. The first kappa shape index (κ1) is 15.1. The average molecular weight is 333 g/mol. The van der Waals surface area contributed by atoms with E-state index in [1.807, 2.05) is 24.3 Å². The van der Waals surface area contributed by atoms with Crippen molar-refractivity contribution in [2.45, 2.75) is 12.8 Å². The number of rotatable bonds is 2. The molecule has 22 heavy (non-hydrogen) atoms. The number of hydrogen-bond donors (Lipinski definition) is 0. The van der Waals surface area contributed by atoms with Crippen molar-refractivity contribution in [1.29, 1.82) is 0 Å². The van der Waals surface area contributed by atoms with Crippen molar-refractivity contribution in [3.63, 3.8) is 0 Å². The van der Waals surface area contributed by atoms with Crippen LogP contribution in [0.15, 0.2) is 42.5 Å². The first-order valence-electron chi connectivity index (χ1n) is 6.97. The smallest absolute Gasteiger partial charge is 0.337 e. The maximum absolute atomic E-state index is 11.8. The van der Waals surface area contributed by atoms with E-state index in [4.69, 9.17) is 27.9 Å². The summed E-state index contributed by atoms with van der Waals surface area (Å²) < 4.78 is 4.81. The van der Waals surface area contributed by atoms with E-state index in [1.54, 1.807) is 12.1 Å². The number of halogens is 2. The van der Waals surface area contributed by atoms with Gasteiger partial charge in [0.25, 0.3) is 0 Å². The van der Waals surface area contributed by atoms with Crippen LogP contribution >= 0.6 is 23.2 Å². The number of methoxy groups -OCH3 is 1. The van der Waals surface area contributed by atoms with Crippen LogP contribution in [0, 0.1) is 0 Å². The standard InChI is InChI=1S/C18H14Cl2O2/c1-22-18(21)12-6-5-11-3-2-4-14(16(11)9-12)15-8-7-13(19)10-17(15)20/h4-10H,2-3H2,1H3. The average Bonchev–Trinajstić information content (AvgIpc) is 2.53. The number of carbonyl (C=O) groups is 1. The Labute approximate surface area is 139 Å². The second-order valence-electron chi connectivity index (χ2n) is 5.14. The highest BCUT2D eigenvalue weighted by Gasteiger charge is 2.18. The van der Waals surface area contributed by atoms with Gasteiger partial charge in [-0.05, 0) is 53.8 Å². The second-order valence-corrected chi connectivity index (χ2v) is 5.99. The van der Waals surface area contributed by atoms with Gasteiger partial charge < -0.3 is 4.74 Å². The Kier molecular flexibility index (Phi) is 4.23. The molecule has 2 nitrogen and oxygen atoms in total. The van der Waals surface area contributed by atoms with Gasteiger partial charge in [0.15, 0.2) is 0 Å². The van der Waals surface area contributed by atoms with Gasteiger partial charge in [0.2, 0.25) is 0 Å². The van der Waals surface area contributed by atoms with E-state index in [0.717, 1.165) is 29.5 Å². The normalized spacial score (nSPS) is 13.3. The maximum Gasteiger partial charge on any atom is 0.337 e. The highest BCUT2D eigenvalue weighted by molar-refractivity contribution is 6.35. The summed E-state index contributed by atoms with van der Waals surface area (Å²) in [6, 6.07) is 11.1. The monoisotopic (exact) mass is 332 g/mol. The topological polar surface area (TPSA) is 26.3 Å². The molecule has 3 rings (SSSR count). The fraction of sp³-hybridized carbons (Fsp3) is 0.167. The van der Waals surface area contributed by atoms with Crippen LogP contribution < -0.4 is 0 Å². The summed E-state index contributed by atoms with van der Waals surface area (Å²) in [6.45, 7) is 0. The first-order valence-corrected chi connectivity index (χ1v) is 7.73. The molecule has 1 aliphatic rings. The molecule has 0 unspecified atom stereocenters. The van der Waals surface area contributed by atoms with Gasteiger partial charge in [0, 0.05) is 15.6 Å². The SMILES string of the molecule is COC(=O)c1ccc2c(c1)C(c1ccc(Cl)cc1Cl)=CCC2. The minimum absolute atomic E-state index is 0.338. The van der Waals surface area contributed by atoms with Crippen molar-refractivity contribution < 1.29 is 9.53 Å². The van der Waals surface area contributed by atoms with E-state index in [2.05, 4.69) is 6.08 Å². The van der Waals surface area contributed by atoms with Gasteiger partial charge in [-0.3, -0.25) is 0 Å². The molecule has 0 saturated heterocycles. The van der Waals surface area contributed by atoms with Crippen LogP contribution in [0.2, 0.25) is 10.0 Å². The third-order valence-corrected chi connectivity index (χ3v) is 4.35. The van der Waals surface area contributed by atoms with Crippen LogP contribution in [-0.4, -0.2) is 13.1 Å². The predicted molar refractivity (Wildman–Crippen MR) is 89.6 cm³/mol. The van der Waals surface area contributed by atoms with Crippen molar-refractivity contribution in [3.8, 4) is 0 Å². The molecule has 0 heterocycles. The van der Waals surface area contributed by atoms with Gasteiger partial charge in [-0.25, -0.2) is 4.79 Å². The minimum Gasteiger partial charge on any atom is -0.465 e. The van der Waals surface area contributed by atoms with Crippen molar-refractivity contribution in [1.82, 2.24) is 0 Å². The minimum atomic E-state index is -0.338. The van der Waals surface area contributed by atoms with Gasteiger partial charge in [0.05, 0.1) is 12.7 Å². The molecule has 2 aromatic carbocycles. The van der Waals surface area contributed by atoms with Gasteiger partial charge in [-0.1, -0.05) is 41.4 Å². The summed E-state index contributed by atoms with van der Waals surface area (Å²) in [5.74, 6) is -0.338. The fourth-order valence-electron chi connectivity index (χ4n) is 2.73. The molecular weight excluding hydrogens is 319 g/mol. The third-order valence-electron chi connectivity index (χ3n) is 3.80. The molecule has 0 amide bonds. The molecule has 112 valence electrons. The van der Waals surface area contributed by atoms with Crippen molar-refractivity contribution in [2.24, 2.45) is 0 Å². The molecule has 0 aromatic heterocycles. The summed E-state index contributed by atoms with van der Waals surface area (Å²) in [5.41, 5.74) is 4.73. The Balaban J connectivity index is 2.12. The molecule has 0 N–H and O–H groups in total. The maximum atomic E-state index is 11.8. The molecule has 2 aromatic rings. The van der Waals surface area contributed by atoms with Crippen LogP contribution in [0.25, 0.3) is 5.57 Å². The molecule has 1 aliphatic carbocycles. The number of aryl methyl sites for hydroxylation is 1. The first-order chi connectivity index (χ1) is 10.6. The Bertz CT molecular complexity index is 779. The highest BCUT2D eigenvalue weighted by Crippen LogP contribution is 2.36. The summed E-state index contributed by atoms with van der Waals surface area (Å²) in [7, 11) is 1.38. The van der Waals surface area contributed by atoms with Crippen molar-refractivity contribution in [3.05, 3.63) is 74.8 Å². The summed E-state index contributed by atoms with van der Waals surface area (Å²) in [4.78, 5) is 11.8. The molecule has 0 atom stereocenters. The van der Waals surface area contributed by atoms with E-state index in [1.165, 1.54) is 12.7 Å². The largest absolute Gasteiger partial charge is 0.465 e. The van der Waals surface area contributed by atoms with Gasteiger partial charge in [-0.2, -0.15) is 0 Å². The van der Waals surface area contributed by atoms with Gasteiger partial charge >= 0.3 is 5.97 Å². The van der Waals surface area contributed by atoms with E-state index in [-0.39, 0.29) is 5.97 Å². The van der Waals surface area contributed by atoms with E-state index in [9.17, 15) is 4.79 Å². The Morgan fingerprint density at radius 3 is 2.64 bits per heavy atom. The number of allylic oxidation sites excluding steroid dienone is 1. The van der Waals surface area contributed by atoms with Crippen molar-refractivity contribution >= 4 is 34.7 Å². The lowest BCUT2D eigenvalue weighted by Crippen LogP contribution is -2.06. The van der Waals surface area contributed by atoms with Gasteiger partial charge in [-0.15, -0.1) is 0 Å². The molecular formula is C18H14Cl2O2. The number of benzene rings is 2. The lowest BCUT2D eigenvalue weighted by molar-refractivity contribution is 0.0600. The van der Waals surface area contributed by atoms with Crippen LogP contribution in [0.1, 0.15) is 33.5 Å². The fourth-order valence-corrected chi connectivity index (χ4v) is 3.25. The van der Waals surface area contributed by atoms with E-state index in [0.29, 0.717) is 15.6 Å². The summed E-state index contributed by atoms with van der Waals surface area (Å²) in [5, 5.41) is 1.21. The zero-order valence-corrected chi connectivity index (χ0v) is 13.5. The predicted octanol–water partition coefficient (Wildman–Crippen LogP) is 5.16. The molecule has 0 spiro atoms. The Hall–Kier alpha value is -1.77. The van der Waals surface area contributed by atoms with Crippen LogP contribution in [-0.2, 0) is 11.2 Å². The molecule has 0 saturated carbocycles. The van der Waals surface area contributed by atoms with Gasteiger partial charge in [0.1, 0.15) is 0 Å². The second kappa shape index (κ2) is 6.15. The van der Waals surface area contributed by atoms with E-state index < -0.39 is 0 Å². The Morgan fingerprint density at radius 2 is 1.91 bits per heavy atom. The zero-order chi connectivity index (χ0) is 15.7. The molecule has 0 aliphatic heterocycles. The number of esters is 1. The zero-order valence-electron chi connectivity index (χ0n) is 12.0. The van der Waals surface area contributed by atoms with Crippen molar-refractivity contribution in [2.75, 3.05) is 7.11 Å².